The zero-order chi connectivity index (χ0) is 9.68. The maximum absolute atomic E-state index is 3.90. The lowest BCUT2D eigenvalue weighted by Gasteiger charge is -2.06. The SMILES string of the molecule is CCNc1nnnn1CCC(C)C. The highest BCUT2D eigenvalue weighted by atomic mass is 15.6. The standard InChI is InChI=1S/C8H17N5/c1-4-9-8-10-11-12-13(8)6-5-7(2)3/h7H,4-6H2,1-3H3,(H,9,10,12). The van der Waals surface area contributed by atoms with E-state index in [1.54, 1.807) is 0 Å². The third-order valence-corrected chi connectivity index (χ3v) is 1.79. The Morgan fingerprint density at radius 1 is 1.46 bits per heavy atom. The van der Waals surface area contributed by atoms with Gasteiger partial charge < -0.3 is 5.32 Å². The lowest BCUT2D eigenvalue weighted by atomic mass is 10.1. The van der Waals surface area contributed by atoms with E-state index in [9.17, 15) is 0 Å². The summed E-state index contributed by atoms with van der Waals surface area (Å²) < 4.78 is 1.81. The molecular weight excluding hydrogens is 166 g/mol. The van der Waals surface area contributed by atoms with E-state index in [1.807, 2.05) is 11.6 Å². The van der Waals surface area contributed by atoms with Gasteiger partial charge in [0, 0.05) is 13.1 Å². The number of nitrogens with zero attached hydrogens (tertiary/aromatic N) is 4. The largest absolute Gasteiger partial charge is 0.353 e. The first kappa shape index (κ1) is 9.95. The molecule has 1 aromatic heterocycles. The lowest BCUT2D eigenvalue weighted by molar-refractivity contribution is 0.481. The highest BCUT2D eigenvalue weighted by molar-refractivity contribution is 5.20. The first-order valence-corrected chi connectivity index (χ1v) is 4.74. The number of aryl methyl sites for hydroxylation is 1. The van der Waals surface area contributed by atoms with Gasteiger partial charge in [0.15, 0.2) is 0 Å². The molecule has 5 heteroatoms. The number of hydrogen-bond donors (Lipinski definition) is 1. The van der Waals surface area contributed by atoms with E-state index in [0.717, 1.165) is 25.5 Å². The van der Waals surface area contributed by atoms with E-state index >= 15 is 0 Å². The molecule has 0 amide bonds. The quantitative estimate of drug-likeness (QED) is 0.744. The Bertz CT molecular complexity index is 242. The fraction of sp³-hybridized carbons (Fsp3) is 0.875. The van der Waals surface area contributed by atoms with Crippen molar-refractivity contribution in [2.45, 2.75) is 33.7 Å². The van der Waals surface area contributed by atoms with Crippen LogP contribution >= 0.6 is 0 Å². The van der Waals surface area contributed by atoms with Crippen LogP contribution in [0.25, 0.3) is 0 Å². The monoisotopic (exact) mass is 183 g/mol. The highest BCUT2D eigenvalue weighted by Crippen LogP contribution is 2.05. The number of tetrazole rings is 1. The molecule has 0 bridgehead atoms. The molecule has 0 spiro atoms. The Balaban J connectivity index is 2.49. The highest BCUT2D eigenvalue weighted by Gasteiger charge is 2.04. The van der Waals surface area contributed by atoms with Crippen LogP contribution in [-0.4, -0.2) is 26.8 Å². The Kier molecular flexibility index (Phi) is 3.67. The van der Waals surface area contributed by atoms with E-state index in [4.69, 9.17) is 0 Å². The van der Waals surface area contributed by atoms with Crippen molar-refractivity contribution in [3.8, 4) is 0 Å². The number of rotatable bonds is 5. The summed E-state index contributed by atoms with van der Waals surface area (Å²) in [5.41, 5.74) is 0. The molecule has 1 heterocycles. The molecule has 0 radical (unpaired) electrons. The van der Waals surface area contributed by atoms with Gasteiger partial charge in [-0.1, -0.05) is 18.9 Å². The summed E-state index contributed by atoms with van der Waals surface area (Å²) in [5.74, 6) is 1.45. The summed E-state index contributed by atoms with van der Waals surface area (Å²) in [5, 5.41) is 14.5. The zero-order valence-electron chi connectivity index (χ0n) is 8.49. The minimum Gasteiger partial charge on any atom is -0.353 e. The molecule has 74 valence electrons. The minimum atomic E-state index is 0.679. The van der Waals surface area contributed by atoms with Gasteiger partial charge in [0.25, 0.3) is 0 Å². The van der Waals surface area contributed by atoms with Gasteiger partial charge in [-0.25, -0.2) is 4.68 Å². The number of anilines is 1. The summed E-state index contributed by atoms with van der Waals surface area (Å²) in [7, 11) is 0. The first-order chi connectivity index (χ1) is 6.24. The van der Waals surface area contributed by atoms with E-state index < -0.39 is 0 Å². The molecule has 0 fully saturated rings. The molecule has 5 nitrogen and oxygen atoms in total. The second-order valence-electron chi connectivity index (χ2n) is 3.44. The molecule has 0 unspecified atom stereocenters. The molecule has 0 aromatic carbocycles. The molecular formula is C8H17N5. The van der Waals surface area contributed by atoms with E-state index in [2.05, 4.69) is 34.7 Å². The summed E-state index contributed by atoms with van der Waals surface area (Å²) in [6.07, 6.45) is 1.10. The molecule has 0 saturated carbocycles. The fourth-order valence-electron chi connectivity index (χ4n) is 1.02. The van der Waals surface area contributed by atoms with Gasteiger partial charge in [0.1, 0.15) is 0 Å². The van der Waals surface area contributed by atoms with Crippen LogP contribution in [-0.2, 0) is 6.54 Å². The normalized spacial score (nSPS) is 10.8. The van der Waals surface area contributed by atoms with Crippen molar-refractivity contribution >= 4 is 5.95 Å². The van der Waals surface area contributed by atoms with E-state index in [1.165, 1.54) is 0 Å². The van der Waals surface area contributed by atoms with Crippen LogP contribution in [0.3, 0.4) is 0 Å². The topological polar surface area (TPSA) is 55.6 Å². The number of nitrogens with one attached hydrogen (secondary N) is 1. The molecule has 0 saturated heterocycles. The molecule has 0 aliphatic carbocycles. The predicted octanol–water partition coefficient (Wildman–Crippen LogP) is 1.15. The van der Waals surface area contributed by atoms with Crippen molar-refractivity contribution in [2.24, 2.45) is 5.92 Å². The van der Waals surface area contributed by atoms with Crippen LogP contribution in [0.4, 0.5) is 5.95 Å². The third kappa shape index (κ3) is 3.01. The van der Waals surface area contributed by atoms with Crippen LogP contribution < -0.4 is 5.32 Å². The third-order valence-electron chi connectivity index (χ3n) is 1.79. The maximum atomic E-state index is 3.90. The summed E-state index contributed by atoms with van der Waals surface area (Å²) >= 11 is 0. The number of hydrogen-bond acceptors (Lipinski definition) is 4. The lowest BCUT2D eigenvalue weighted by Crippen LogP contribution is -2.09. The van der Waals surface area contributed by atoms with Gasteiger partial charge in [-0.3, -0.25) is 0 Å². The van der Waals surface area contributed by atoms with Crippen molar-refractivity contribution in [1.82, 2.24) is 20.2 Å². The summed E-state index contributed by atoms with van der Waals surface area (Å²) in [6.45, 7) is 8.14. The van der Waals surface area contributed by atoms with Gasteiger partial charge in [-0.2, -0.15) is 0 Å². The van der Waals surface area contributed by atoms with Gasteiger partial charge in [0.05, 0.1) is 0 Å². The molecule has 13 heavy (non-hydrogen) atoms. The van der Waals surface area contributed by atoms with Crippen molar-refractivity contribution in [3.63, 3.8) is 0 Å². The minimum absolute atomic E-state index is 0.679. The van der Waals surface area contributed by atoms with Crippen LogP contribution in [0.5, 0.6) is 0 Å². The molecule has 1 N–H and O–H groups in total. The summed E-state index contributed by atoms with van der Waals surface area (Å²) in [4.78, 5) is 0. The Hall–Kier alpha value is -1.13. The smallest absolute Gasteiger partial charge is 0.242 e. The average molecular weight is 183 g/mol. The second kappa shape index (κ2) is 4.79. The Morgan fingerprint density at radius 2 is 2.23 bits per heavy atom. The maximum Gasteiger partial charge on any atom is 0.242 e. The zero-order valence-corrected chi connectivity index (χ0v) is 8.49. The van der Waals surface area contributed by atoms with Gasteiger partial charge in [-0.05, 0) is 29.7 Å². The van der Waals surface area contributed by atoms with Crippen LogP contribution in [0.15, 0.2) is 0 Å². The molecule has 0 aliphatic rings. The van der Waals surface area contributed by atoms with Crippen molar-refractivity contribution < 1.29 is 0 Å². The Labute approximate surface area is 78.5 Å². The van der Waals surface area contributed by atoms with Gasteiger partial charge >= 0.3 is 0 Å². The van der Waals surface area contributed by atoms with Crippen LogP contribution in [0.1, 0.15) is 27.2 Å². The van der Waals surface area contributed by atoms with Crippen molar-refractivity contribution in [3.05, 3.63) is 0 Å². The second-order valence-corrected chi connectivity index (χ2v) is 3.44. The van der Waals surface area contributed by atoms with Crippen LogP contribution in [0.2, 0.25) is 0 Å². The molecule has 1 aromatic rings. The molecule has 1 rings (SSSR count). The fourth-order valence-corrected chi connectivity index (χ4v) is 1.02. The van der Waals surface area contributed by atoms with E-state index in [-0.39, 0.29) is 0 Å². The van der Waals surface area contributed by atoms with Crippen molar-refractivity contribution in [2.75, 3.05) is 11.9 Å². The van der Waals surface area contributed by atoms with Crippen LogP contribution in [0, 0.1) is 5.92 Å². The molecule has 0 atom stereocenters. The Morgan fingerprint density at radius 3 is 2.85 bits per heavy atom. The predicted molar refractivity (Wildman–Crippen MR) is 51.4 cm³/mol. The van der Waals surface area contributed by atoms with Gasteiger partial charge in [0.2, 0.25) is 5.95 Å². The average Bonchev–Trinajstić information content (AvgIpc) is 2.49. The number of aromatic nitrogens is 4. The van der Waals surface area contributed by atoms with E-state index in [0.29, 0.717) is 5.92 Å². The van der Waals surface area contributed by atoms with Gasteiger partial charge in [-0.15, -0.1) is 0 Å². The molecule has 0 aliphatic heterocycles. The first-order valence-electron chi connectivity index (χ1n) is 4.74. The van der Waals surface area contributed by atoms with Crippen molar-refractivity contribution in [1.29, 1.82) is 0 Å². The summed E-state index contributed by atoms with van der Waals surface area (Å²) in [6, 6.07) is 0.